The van der Waals surface area contributed by atoms with Gasteiger partial charge in [-0.2, -0.15) is 0 Å². The Morgan fingerprint density at radius 1 is 1.30 bits per heavy atom. The third-order valence-electron chi connectivity index (χ3n) is 4.03. The van der Waals surface area contributed by atoms with Crippen molar-refractivity contribution >= 4 is 17.2 Å². The van der Waals surface area contributed by atoms with Gasteiger partial charge in [-0.3, -0.25) is 4.57 Å². The van der Waals surface area contributed by atoms with Crippen LogP contribution >= 0.6 is 12.2 Å². The van der Waals surface area contributed by atoms with Crippen LogP contribution < -0.4 is 5.73 Å². The van der Waals surface area contributed by atoms with Crippen LogP contribution in [-0.2, 0) is 12.8 Å². The van der Waals surface area contributed by atoms with Crippen molar-refractivity contribution in [3.63, 3.8) is 0 Å². The smallest absolute Gasteiger partial charge is 0.148 e. The summed E-state index contributed by atoms with van der Waals surface area (Å²) >= 11 is 5.21. The zero-order chi connectivity index (χ0) is 14.3. The Morgan fingerprint density at radius 3 is 2.70 bits per heavy atom. The van der Waals surface area contributed by atoms with Gasteiger partial charge in [-0.1, -0.05) is 12.2 Å². The third-order valence-corrected chi connectivity index (χ3v) is 4.25. The molecule has 20 heavy (non-hydrogen) atoms. The summed E-state index contributed by atoms with van der Waals surface area (Å²) in [6.07, 6.45) is 6.32. The predicted molar refractivity (Wildman–Crippen MR) is 83.4 cm³/mol. The molecule has 0 bridgehead atoms. The second-order valence-electron chi connectivity index (χ2n) is 5.32. The molecule has 0 unspecified atom stereocenters. The molecule has 104 valence electrons. The van der Waals surface area contributed by atoms with Crippen molar-refractivity contribution in [2.24, 2.45) is 5.73 Å². The third kappa shape index (κ3) is 2.12. The average molecular weight is 286 g/mol. The van der Waals surface area contributed by atoms with E-state index in [1.807, 2.05) is 18.4 Å². The minimum atomic E-state index is 0.395. The Morgan fingerprint density at radius 2 is 2.05 bits per heavy atom. The number of rotatable bonds is 2. The van der Waals surface area contributed by atoms with Gasteiger partial charge in [-0.25, -0.2) is 9.97 Å². The van der Waals surface area contributed by atoms with Gasteiger partial charge in [0.2, 0.25) is 0 Å². The molecule has 0 aliphatic heterocycles. The molecular formula is C15H18N4S. The summed E-state index contributed by atoms with van der Waals surface area (Å²) < 4.78 is 1.98. The van der Waals surface area contributed by atoms with Crippen molar-refractivity contribution in [1.82, 2.24) is 14.5 Å². The maximum absolute atomic E-state index is 5.90. The van der Waals surface area contributed by atoms with Crippen molar-refractivity contribution in [3.8, 4) is 5.82 Å². The molecule has 2 N–H and O–H groups in total. The van der Waals surface area contributed by atoms with Crippen LogP contribution in [0.5, 0.6) is 0 Å². The van der Waals surface area contributed by atoms with E-state index in [1.165, 1.54) is 24.1 Å². The highest BCUT2D eigenvalue weighted by atomic mass is 32.1. The van der Waals surface area contributed by atoms with Crippen molar-refractivity contribution in [3.05, 3.63) is 40.6 Å². The molecule has 0 saturated carbocycles. The fraction of sp³-hybridized carbons (Fsp3) is 0.400. The molecule has 2 aromatic heterocycles. The molecule has 0 saturated heterocycles. The molecule has 5 heteroatoms. The molecule has 2 aromatic rings. The number of nitrogens with zero attached hydrogens (tertiary/aromatic N) is 3. The van der Waals surface area contributed by atoms with Crippen molar-refractivity contribution in [1.29, 1.82) is 0 Å². The van der Waals surface area contributed by atoms with E-state index in [1.54, 1.807) is 6.33 Å². The van der Waals surface area contributed by atoms with E-state index in [-0.39, 0.29) is 0 Å². The minimum Gasteiger partial charge on any atom is -0.389 e. The quantitative estimate of drug-likeness (QED) is 0.861. The number of imidazole rings is 1. The van der Waals surface area contributed by atoms with Crippen LogP contribution in [0.25, 0.3) is 5.82 Å². The SMILES string of the molecule is Cc1ncn(-c2nc3c(cc2C(N)=S)CCCC3)c1C. The number of hydrogen-bond acceptors (Lipinski definition) is 3. The Kier molecular flexibility index (Phi) is 3.30. The number of nitrogens with two attached hydrogens (primary N) is 1. The van der Waals surface area contributed by atoms with E-state index in [9.17, 15) is 0 Å². The maximum Gasteiger partial charge on any atom is 0.148 e. The van der Waals surface area contributed by atoms with Crippen LogP contribution in [0.3, 0.4) is 0 Å². The maximum atomic E-state index is 5.90. The summed E-state index contributed by atoms with van der Waals surface area (Å²) in [5, 5.41) is 0. The molecule has 2 heterocycles. The Bertz CT molecular complexity index is 687. The highest BCUT2D eigenvalue weighted by Crippen LogP contribution is 2.25. The van der Waals surface area contributed by atoms with Crippen LogP contribution in [0.15, 0.2) is 12.4 Å². The lowest BCUT2D eigenvalue weighted by Crippen LogP contribution is -2.18. The molecule has 1 aliphatic carbocycles. The highest BCUT2D eigenvalue weighted by Gasteiger charge is 2.18. The van der Waals surface area contributed by atoms with E-state index in [4.69, 9.17) is 22.9 Å². The first-order valence-electron chi connectivity index (χ1n) is 6.91. The van der Waals surface area contributed by atoms with Gasteiger partial charge >= 0.3 is 0 Å². The zero-order valence-electron chi connectivity index (χ0n) is 11.8. The van der Waals surface area contributed by atoms with Gasteiger partial charge in [-0.15, -0.1) is 0 Å². The molecule has 3 rings (SSSR count). The van der Waals surface area contributed by atoms with Crippen LogP contribution in [0.1, 0.15) is 41.1 Å². The zero-order valence-corrected chi connectivity index (χ0v) is 12.6. The van der Waals surface area contributed by atoms with Gasteiger partial charge < -0.3 is 5.73 Å². The van der Waals surface area contributed by atoms with Crippen LogP contribution in [-0.4, -0.2) is 19.5 Å². The number of thiocarbonyl (C=S) groups is 1. The van der Waals surface area contributed by atoms with Crippen molar-refractivity contribution in [2.45, 2.75) is 39.5 Å². The van der Waals surface area contributed by atoms with Gasteiger partial charge in [0.25, 0.3) is 0 Å². The van der Waals surface area contributed by atoms with Gasteiger partial charge in [-0.05, 0) is 51.2 Å². The van der Waals surface area contributed by atoms with Crippen molar-refractivity contribution < 1.29 is 0 Å². The number of fused-ring (bicyclic) bond motifs is 1. The first kappa shape index (κ1) is 13.2. The molecule has 0 aromatic carbocycles. The molecule has 0 radical (unpaired) electrons. The number of hydrogen-bond donors (Lipinski definition) is 1. The molecule has 0 atom stereocenters. The van der Waals surface area contributed by atoms with Gasteiger partial charge in [0, 0.05) is 11.4 Å². The first-order valence-corrected chi connectivity index (χ1v) is 7.32. The fourth-order valence-electron chi connectivity index (χ4n) is 2.70. The Hall–Kier alpha value is -1.75. The van der Waals surface area contributed by atoms with Crippen LogP contribution in [0.4, 0.5) is 0 Å². The van der Waals surface area contributed by atoms with Gasteiger partial charge in [0.05, 0.1) is 11.3 Å². The van der Waals surface area contributed by atoms with Crippen LogP contribution in [0.2, 0.25) is 0 Å². The van der Waals surface area contributed by atoms with E-state index < -0.39 is 0 Å². The summed E-state index contributed by atoms with van der Waals surface area (Å²) in [4.78, 5) is 9.57. The lowest BCUT2D eigenvalue weighted by Gasteiger charge is -2.19. The molecule has 0 amide bonds. The van der Waals surface area contributed by atoms with Crippen LogP contribution in [0, 0.1) is 13.8 Å². The molecular weight excluding hydrogens is 268 g/mol. The summed E-state index contributed by atoms with van der Waals surface area (Å²) in [7, 11) is 0. The standard InChI is InChI=1S/C15H18N4S/c1-9-10(2)19(8-17-9)15-12(14(16)20)7-11-5-3-4-6-13(11)18-15/h7-8H,3-6H2,1-2H3,(H2,16,20). The molecule has 1 aliphatic rings. The first-order chi connectivity index (χ1) is 9.58. The normalized spacial score (nSPS) is 14.1. The number of pyridine rings is 1. The molecule has 0 spiro atoms. The second-order valence-corrected chi connectivity index (χ2v) is 5.76. The Labute approximate surface area is 124 Å². The second kappa shape index (κ2) is 4.98. The molecule has 0 fully saturated rings. The van der Waals surface area contributed by atoms with E-state index in [2.05, 4.69) is 11.1 Å². The number of aryl methyl sites for hydroxylation is 3. The molecule has 4 nitrogen and oxygen atoms in total. The Balaban J connectivity index is 2.23. The summed E-state index contributed by atoms with van der Waals surface area (Å²) in [5.74, 6) is 0.816. The van der Waals surface area contributed by atoms with Gasteiger partial charge in [0.1, 0.15) is 17.1 Å². The average Bonchev–Trinajstić information content (AvgIpc) is 2.77. The number of aromatic nitrogens is 3. The summed E-state index contributed by atoms with van der Waals surface area (Å²) in [5.41, 5.74) is 11.3. The van der Waals surface area contributed by atoms with E-state index >= 15 is 0 Å². The van der Waals surface area contributed by atoms with E-state index in [0.717, 1.165) is 35.6 Å². The lowest BCUT2D eigenvalue weighted by molar-refractivity contribution is 0.664. The predicted octanol–water partition coefficient (Wildman–Crippen LogP) is 2.40. The monoisotopic (exact) mass is 286 g/mol. The summed E-state index contributed by atoms with van der Waals surface area (Å²) in [6, 6.07) is 2.12. The minimum absolute atomic E-state index is 0.395. The summed E-state index contributed by atoms with van der Waals surface area (Å²) in [6.45, 7) is 4.03. The highest BCUT2D eigenvalue weighted by molar-refractivity contribution is 7.80. The fourth-order valence-corrected chi connectivity index (χ4v) is 2.85. The largest absolute Gasteiger partial charge is 0.389 e. The van der Waals surface area contributed by atoms with E-state index in [0.29, 0.717) is 4.99 Å². The topological polar surface area (TPSA) is 56.7 Å². The van der Waals surface area contributed by atoms with Crippen molar-refractivity contribution in [2.75, 3.05) is 0 Å². The van der Waals surface area contributed by atoms with Gasteiger partial charge in [0.15, 0.2) is 0 Å². The lowest BCUT2D eigenvalue weighted by atomic mass is 9.94.